The van der Waals surface area contributed by atoms with Crippen LogP contribution in [0.5, 0.6) is 5.75 Å². The van der Waals surface area contributed by atoms with Gasteiger partial charge in [0, 0.05) is 21.4 Å². The molecule has 1 fully saturated rings. The monoisotopic (exact) mass is 520 g/mol. The average molecular weight is 521 g/mol. The van der Waals surface area contributed by atoms with Crippen LogP contribution in [-0.2, 0) is 11.2 Å². The molecule has 0 radical (unpaired) electrons. The smallest absolute Gasteiger partial charge is 0.345 e. The molecule has 0 spiro atoms. The summed E-state index contributed by atoms with van der Waals surface area (Å²) in [5, 5.41) is 13.8. The molecule has 0 amide bonds. The Labute approximate surface area is 227 Å². The molecule has 1 saturated carbocycles. The summed E-state index contributed by atoms with van der Waals surface area (Å²) in [5.74, 6) is 0.154. The summed E-state index contributed by atoms with van der Waals surface area (Å²) in [4.78, 5) is 13.6. The summed E-state index contributed by atoms with van der Waals surface area (Å²) in [7, 11) is 0. The van der Waals surface area contributed by atoms with Gasteiger partial charge in [0.15, 0.2) is 6.10 Å². The number of hydrogen-bond acceptors (Lipinski definition) is 3. The van der Waals surface area contributed by atoms with Gasteiger partial charge in [-0.3, -0.25) is 0 Å². The standard InChI is InChI=1S/C34H32O3S/c1-21-22(2)38-31-20-25-14-8-9-15-27(25)33(32(21)31)26-16-17-29(28(19-26)24-12-6-7-13-24)37-30(34(35)36)18-23-10-4-3-5-11-23/h3-5,8-11,14-17,19-20,24,30H,6-7,12-13,18H2,1-2H3,(H,35,36)/t30-/m1/s1. The van der Waals surface area contributed by atoms with E-state index < -0.39 is 12.1 Å². The van der Waals surface area contributed by atoms with Crippen LogP contribution in [0.1, 0.15) is 53.2 Å². The van der Waals surface area contributed by atoms with Crippen LogP contribution >= 0.6 is 11.3 Å². The lowest BCUT2D eigenvalue weighted by Crippen LogP contribution is -2.29. The van der Waals surface area contributed by atoms with Crippen molar-refractivity contribution >= 4 is 38.2 Å². The molecule has 4 heteroatoms. The number of rotatable bonds is 7. The highest BCUT2D eigenvalue weighted by Crippen LogP contribution is 2.46. The van der Waals surface area contributed by atoms with E-state index in [1.54, 1.807) is 0 Å². The minimum Gasteiger partial charge on any atom is -0.478 e. The van der Waals surface area contributed by atoms with Crippen molar-refractivity contribution in [3.05, 3.63) is 100 Å². The zero-order valence-corrected chi connectivity index (χ0v) is 22.7. The number of carboxylic acid groups (broad SMARTS) is 1. The molecular formula is C34H32O3S. The molecule has 1 aliphatic rings. The van der Waals surface area contributed by atoms with Crippen LogP contribution in [0.25, 0.3) is 32.0 Å². The van der Waals surface area contributed by atoms with Gasteiger partial charge >= 0.3 is 5.97 Å². The molecule has 38 heavy (non-hydrogen) atoms. The Hall–Kier alpha value is -3.63. The van der Waals surface area contributed by atoms with Crippen molar-refractivity contribution in [2.45, 2.75) is 58.0 Å². The van der Waals surface area contributed by atoms with Crippen LogP contribution < -0.4 is 4.74 Å². The molecule has 0 saturated heterocycles. The summed E-state index contributed by atoms with van der Waals surface area (Å²) in [5.41, 5.74) is 5.88. The third-order valence-corrected chi connectivity index (χ3v) is 9.24. The lowest BCUT2D eigenvalue weighted by Gasteiger charge is -2.22. The van der Waals surface area contributed by atoms with E-state index in [1.807, 2.05) is 47.7 Å². The molecule has 0 aliphatic heterocycles. The predicted molar refractivity (Wildman–Crippen MR) is 158 cm³/mol. The van der Waals surface area contributed by atoms with E-state index >= 15 is 0 Å². The van der Waals surface area contributed by atoms with Gasteiger partial charge in [0.1, 0.15) is 5.75 Å². The number of benzene rings is 4. The van der Waals surface area contributed by atoms with E-state index in [9.17, 15) is 9.90 Å². The highest BCUT2D eigenvalue weighted by molar-refractivity contribution is 7.19. The van der Waals surface area contributed by atoms with Crippen LogP contribution in [-0.4, -0.2) is 17.2 Å². The number of carboxylic acids is 1. The fraction of sp³-hybridized carbons (Fsp3) is 0.265. The van der Waals surface area contributed by atoms with Crippen molar-refractivity contribution in [2.24, 2.45) is 0 Å². The van der Waals surface area contributed by atoms with Gasteiger partial charge in [-0.2, -0.15) is 0 Å². The van der Waals surface area contributed by atoms with E-state index in [2.05, 4.69) is 56.3 Å². The van der Waals surface area contributed by atoms with Crippen LogP contribution in [0.4, 0.5) is 0 Å². The number of carbonyl (C=O) groups is 1. The highest BCUT2D eigenvalue weighted by Gasteiger charge is 2.26. The molecule has 6 rings (SSSR count). The van der Waals surface area contributed by atoms with Gasteiger partial charge in [0.05, 0.1) is 0 Å². The molecule has 0 bridgehead atoms. The minimum atomic E-state index is -0.936. The lowest BCUT2D eigenvalue weighted by atomic mass is 9.89. The Morgan fingerprint density at radius 3 is 2.47 bits per heavy atom. The fourth-order valence-corrected chi connectivity index (χ4v) is 7.15. The first-order chi connectivity index (χ1) is 18.5. The Bertz CT molecular complexity index is 1630. The van der Waals surface area contributed by atoms with Crippen LogP contribution in [0.2, 0.25) is 0 Å². The Morgan fingerprint density at radius 2 is 1.71 bits per heavy atom. The molecule has 1 aliphatic carbocycles. The summed E-state index contributed by atoms with van der Waals surface area (Å²) >= 11 is 1.86. The van der Waals surface area contributed by atoms with E-state index in [0.717, 1.165) is 24.0 Å². The second-order valence-corrected chi connectivity index (χ2v) is 11.8. The average Bonchev–Trinajstić information content (AvgIpc) is 3.56. The van der Waals surface area contributed by atoms with Crippen molar-refractivity contribution in [3.8, 4) is 16.9 Å². The van der Waals surface area contributed by atoms with Gasteiger partial charge in [-0.25, -0.2) is 4.79 Å². The summed E-state index contributed by atoms with van der Waals surface area (Å²) in [6, 6.07) is 27.1. The van der Waals surface area contributed by atoms with Crippen LogP contribution in [0.15, 0.2) is 78.9 Å². The maximum Gasteiger partial charge on any atom is 0.345 e. The predicted octanol–water partition coefficient (Wildman–Crippen LogP) is 9.07. The van der Waals surface area contributed by atoms with Gasteiger partial charge in [-0.1, -0.05) is 73.5 Å². The molecule has 1 aromatic heterocycles. The van der Waals surface area contributed by atoms with Gasteiger partial charge < -0.3 is 9.84 Å². The van der Waals surface area contributed by atoms with E-state index in [-0.39, 0.29) is 0 Å². The summed E-state index contributed by atoms with van der Waals surface area (Å²) in [6.45, 7) is 4.43. The molecule has 192 valence electrons. The van der Waals surface area contributed by atoms with Gasteiger partial charge in [0.2, 0.25) is 0 Å². The summed E-state index contributed by atoms with van der Waals surface area (Å²) < 4.78 is 7.63. The molecule has 1 heterocycles. The maximum absolute atomic E-state index is 12.2. The van der Waals surface area contributed by atoms with Crippen molar-refractivity contribution in [1.29, 1.82) is 0 Å². The van der Waals surface area contributed by atoms with Gasteiger partial charge in [0.25, 0.3) is 0 Å². The molecule has 4 aromatic carbocycles. The zero-order valence-electron chi connectivity index (χ0n) is 21.9. The SMILES string of the molecule is Cc1sc2cc3ccccc3c(-c3ccc(O[C@H](Cc4ccccc4)C(=O)O)c(C4CCCC4)c3)c2c1C. The first-order valence-electron chi connectivity index (χ1n) is 13.5. The summed E-state index contributed by atoms with van der Waals surface area (Å²) in [6.07, 6.45) is 4.01. The Morgan fingerprint density at radius 1 is 0.974 bits per heavy atom. The molecule has 5 aromatic rings. The maximum atomic E-state index is 12.2. The first-order valence-corrected chi connectivity index (χ1v) is 14.3. The van der Waals surface area contributed by atoms with E-state index in [4.69, 9.17) is 4.74 Å². The molecular weight excluding hydrogens is 488 g/mol. The quantitative estimate of drug-likeness (QED) is 0.233. The molecule has 1 N–H and O–H groups in total. The number of thiophene rings is 1. The second kappa shape index (κ2) is 10.3. The topological polar surface area (TPSA) is 46.5 Å². The molecule has 0 unspecified atom stereocenters. The Balaban J connectivity index is 1.49. The van der Waals surface area contributed by atoms with E-state index in [1.165, 1.54) is 55.3 Å². The number of ether oxygens (including phenoxy) is 1. The Kier molecular flexibility index (Phi) is 6.67. The lowest BCUT2D eigenvalue weighted by molar-refractivity contribution is -0.145. The number of aliphatic carboxylic acids is 1. The van der Waals surface area contributed by atoms with E-state index in [0.29, 0.717) is 18.1 Å². The highest BCUT2D eigenvalue weighted by atomic mass is 32.1. The second-order valence-electron chi connectivity index (χ2n) is 10.5. The third kappa shape index (κ3) is 4.58. The fourth-order valence-electron chi connectivity index (χ4n) is 6.02. The van der Waals surface area contributed by atoms with Crippen molar-refractivity contribution < 1.29 is 14.6 Å². The number of hydrogen-bond donors (Lipinski definition) is 1. The minimum absolute atomic E-state index is 0.333. The number of fused-ring (bicyclic) bond motifs is 2. The zero-order chi connectivity index (χ0) is 26.2. The third-order valence-electron chi connectivity index (χ3n) is 8.08. The normalized spacial score (nSPS) is 14.8. The van der Waals surface area contributed by atoms with Crippen molar-refractivity contribution in [2.75, 3.05) is 0 Å². The van der Waals surface area contributed by atoms with Gasteiger partial charge in [-0.15, -0.1) is 11.3 Å². The van der Waals surface area contributed by atoms with Crippen molar-refractivity contribution in [3.63, 3.8) is 0 Å². The molecule has 3 nitrogen and oxygen atoms in total. The van der Waals surface area contributed by atoms with Crippen molar-refractivity contribution in [1.82, 2.24) is 0 Å². The molecule has 1 atom stereocenters. The largest absolute Gasteiger partial charge is 0.478 e. The number of aryl methyl sites for hydroxylation is 2. The van der Waals surface area contributed by atoms with Crippen LogP contribution in [0.3, 0.4) is 0 Å². The van der Waals surface area contributed by atoms with Crippen LogP contribution in [0, 0.1) is 13.8 Å². The first kappa shape index (κ1) is 24.7. The van der Waals surface area contributed by atoms with Gasteiger partial charge in [-0.05, 0) is 89.4 Å².